The van der Waals surface area contributed by atoms with Gasteiger partial charge in [0.1, 0.15) is 5.56 Å². The summed E-state index contributed by atoms with van der Waals surface area (Å²) in [6, 6.07) is 2.37. The highest BCUT2D eigenvalue weighted by atomic mass is 16.4. The number of piperidine rings is 1. The Morgan fingerprint density at radius 1 is 1.45 bits per heavy atom. The van der Waals surface area contributed by atoms with Gasteiger partial charge in [0.15, 0.2) is 0 Å². The molecule has 1 saturated heterocycles. The third kappa shape index (κ3) is 2.93. The molecule has 1 N–H and O–H groups in total. The van der Waals surface area contributed by atoms with Crippen molar-refractivity contribution in [1.29, 1.82) is 0 Å². The van der Waals surface area contributed by atoms with Crippen LogP contribution in [0.3, 0.4) is 0 Å². The van der Waals surface area contributed by atoms with Gasteiger partial charge in [0.2, 0.25) is 0 Å². The van der Waals surface area contributed by atoms with Crippen LogP contribution < -0.4 is 4.90 Å². The first-order valence-electron chi connectivity index (χ1n) is 7.03. The summed E-state index contributed by atoms with van der Waals surface area (Å²) >= 11 is 0. The lowest BCUT2D eigenvalue weighted by atomic mass is 10.0. The molecule has 5 nitrogen and oxygen atoms in total. The molecule has 1 aromatic rings. The minimum Gasteiger partial charge on any atom is -0.478 e. The number of hydrogen-bond donors (Lipinski definition) is 1. The SMILES string of the molecule is Cc1cc(N2CCCC(N(C)C)C2)c(C(=O)O)c(C)n1. The second-order valence-corrected chi connectivity index (χ2v) is 5.75. The van der Waals surface area contributed by atoms with Crippen LogP contribution in [0.2, 0.25) is 0 Å². The Morgan fingerprint density at radius 2 is 2.15 bits per heavy atom. The third-order valence-corrected chi connectivity index (χ3v) is 3.99. The molecule has 0 bridgehead atoms. The number of carboxylic acids is 1. The standard InChI is InChI=1S/C15H23N3O2/c1-10-8-13(14(15(19)20)11(2)16-10)18-7-5-6-12(9-18)17(3)4/h8,12H,5-7,9H2,1-4H3,(H,19,20). The number of carbonyl (C=O) groups is 1. The van der Waals surface area contributed by atoms with E-state index in [1.807, 2.05) is 13.0 Å². The zero-order valence-corrected chi connectivity index (χ0v) is 12.7. The first-order chi connectivity index (χ1) is 9.40. The quantitative estimate of drug-likeness (QED) is 0.915. The van der Waals surface area contributed by atoms with E-state index in [2.05, 4.69) is 28.9 Å². The molecule has 1 unspecified atom stereocenters. The number of pyridine rings is 1. The van der Waals surface area contributed by atoms with E-state index < -0.39 is 5.97 Å². The number of rotatable bonds is 3. The Bertz CT molecular complexity index is 514. The number of anilines is 1. The number of aryl methyl sites for hydroxylation is 2. The minimum atomic E-state index is -0.892. The Labute approximate surface area is 120 Å². The van der Waals surface area contributed by atoms with Crippen LogP contribution in [-0.4, -0.2) is 54.2 Å². The van der Waals surface area contributed by atoms with E-state index in [9.17, 15) is 9.90 Å². The molecule has 1 aromatic heterocycles. The lowest BCUT2D eigenvalue weighted by Gasteiger charge is -2.38. The second-order valence-electron chi connectivity index (χ2n) is 5.75. The highest BCUT2D eigenvalue weighted by Gasteiger charge is 2.26. The maximum atomic E-state index is 11.5. The van der Waals surface area contributed by atoms with Gasteiger partial charge in [-0.05, 0) is 46.9 Å². The van der Waals surface area contributed by atoms with Crippen molar-refractivity contribution < 1.29 is 9.90 Å². The Morgan fingerprint density at radius 3 is 2.75 bits per heavy atom. The van der Waals surface area contributed by atoms with Gasteiger partial charge in [-0.15, -0.1) is 0 Å². The highest BCUT2D eigenvalue weighted by Crippen LogP contribution is 2.27. The average Bonchev–Trinajstić information content (AvgIpc) is 2.37. The van der Waals surface area contributed by atoms with Crippen molar-refractivity contribution in [3.8, 4) is 0 Å². The lowest BCUT2D eigenvalue weighted by Crippen LogP contribution is -2.45. The predicted octanol–water partition coefficient (Wildman–Crippen LogP) is 1.93. The number of carboxylic acid groups (broad SMARTS) is 1. The molecule has 1 aliphatic heterocycles. The van der Waals surface area contributed by atoms with Crippen molar-refractivity contribution in [2.75, 3.05) is 32.1 Å². The highest BCUT2D eigenvalue weighted by molar-refractivity contribution is 5.95. The van der Waals surface area contributed by atoms with Crippen LogP contribution in [0, 0.1) is 13.8 Å². The summed E-state index contributed by atoms with van der Waals surface area (Å²) in [5, 5.41) is 9.47. The molecule has 2 rings (SSSR count). The van der Waals surface area contributed by atoms with E-state index in [0.29, 0.717) is 17.3 Å². The smallest absolute Gasteiger partial charge is 0.339 e. The summed E-state index contributed by atoms with van der Waals surface area (Å²) < 4.78 is 0. The molecule has 1 fully saturated rings. The average molecular weight is 277 g/mol. The minimum absolute atomic E-state index is 0.343. The maximum absolute atomic E-state index is 11.5. The molecule has 5 heteroatoms. The molecule has 0 spiro atoms. The van der Waals surface area contributed by atoms with Crippen molar-refractivity contribution in [2.24, 2.45) is 0 Å². The fraction of sp³-hybridized carbons (Fsp3) is 0.600. The summed E-state index contributed by atoms with van der Waals surface area (Å²) in [6.07, 6.45) is 2.25. The number of nitrogens with zero attached hydrogens (tertiary/aromatic N) is 3. The maximum Gasteiger partial charge on any atom is 0.339 e. The Hall–Kier alpha value is -1.62. The monoisotopic (exact) mass is 277 g/mol. The number of hydrogen-bond acceptors (Lipinski definition) is 4. The zero-order valence-electron chi connectivity index (χ0n) is 12.7. The molecule has 0 saturated carbocycles. The fourth-order valence-electron chi connectivity index (χ4n) is 2.92. The summed E-state index contributed by atoms with van der Waals surface area (Å²) in [6.45, 7) is 5.46. The topological polar surface area (TPSA) is 56.7 Å². The summed E-state index contributed by atoms with van der Waals surface area (Å²) in [5.74, 6) is -0.892. The third-order valence-electron chi connectivity index (χ3n) is 3.99. The van der Waals surface area contributed by atoms with Crippen LogP contribution in [0.25, 0.3) is 0 Å². The summed E-state index contributed by atoms with van der Waals surface area (Å²) in [5.41, 5.74) is 2.62. The molecule has 20 heavy (non-hydrogen) atoms. The van der Waals surface area contributed by atoms with E-state index in [1.165, 1.54) is 0 Å². The largest absolute Gasteiger partial charge is 0.478 e. The van der Waals surface area contributed by atoms with Gasteiger partial charge >= 0.3 is 5.97 Å². The first-order valence-corrected chi connectivity index (χ1v) is 7.03. The van der Waals surface area contributed by atoms with E-state index >= 15 is 0 Å². The summed E-state index contributed by atoms with van der Waals surface area (Å²) in [7, 11) is 4.16. The second kappa shape index (κ2) is 5.79. The molecule has 1 atom stereocenters. The Balaban J connectivity index is 2.38. The van der Waals surface area contributed by atoms with Crippen LogP contribution >= 0.6 is 0 Å². The zero-order chi connectivity index (χ0) is 14.9. The van der Waals surface area contributed by atoms with Gasteiger partial charge < -0.3 is 14.9 Å². The molecule has 0 radical (unpaired) electrons. The number of likely N-dealkylation sites (N-methyl/N-ethyl adjacent to an activating group) is 1. The van der Waals surface area contributed by atoms with E-state index in [0.717, 1.165) is 37.3 Å². The predicted molar refractivity (Wildman–Crippen MR) is 79.6 cm³/mol. The molecule has 110 valence electrons. The van der Waals surface area contributed by atoms with Crippen molar-refractivity contribution in [3.63, 3.8) is 0 Å². The van der Waals surface area contributed by atoms with Gasteiger partial charge in [-0.1, -0.05) is 0 Å². The van der Waals surface area contributed by atoms with Gasteiger partial charge in [-0.3, -0.25) is 4.98 Å². The van der Waals surface area contributed by atoms with Gasteiger partial charge in [0.05, 0.1) is 11.4 Å². The van der Waals surface area contributed by atoms with Crippen molar-refractivity contribution in [3.05, 3.63) is 23.0 Å². The number of aromatic carboxylic acids is 1. The molecule has 0 aromatic carbocycles. The first kappa shape index (κ1) is 14.8. The van der Waals surface area contributed by atoms with Gasteiger partial charge in [0.25, 0.3) is 0 Å². The van der Waals surface area contributed by atoms with E-state index in [-0.39, 0.29) is 0 Å². The van der Waals surface area contributed by atoms with Crippen LogP contribution in [0.1, 0.15) is 34.6 Å². The van der Waals surface area contributed by atoms with Gasteiger partial charge in [-0.25, -0.2) is 4.79 Å². The van der Waals surface area contributed by atoms with Crippen LogP contribution in [-0.2, 0) is 0 Å². The Kier molecular flexibility index (Phi) is 4.28. The number of aromatic nitrogens is 1. The van der Waals surface area contributed by atoms with Crippen molar-refractivity contribution in [1.82, 2.24) is 9.88 Å². The molecule has 0 amide bonds. The fourth-order valence-corrected chi connectivity index (χ4v) is 2.92. The van der Waals surface area contributed by atoms with Crippen molar-refractivity contribution in [2.45, 2.75) is 32.7 Å². The lowest BCUT2D eigenvalue weighted by molar-refractivity contribution is 0.0696. The van der Waals surface area contributed by atoms with Crippen LogP contribution in [0.15, 0.2) is 6.07 Å². The van der Waals surface area contributed by atoms with Gasteiger partial charge in [-0.2, -0.15) is 0 Å². The van der Waals surface area contributed by atoms with E-state index in [4.69, 9.17) is 0 Å². The molecule has 2 heterocycles. The molecule has 1 aliphatic rings. The van der Waals surface area contributed by atoms with Crippen LogP contribution in [0.5, 0.6) is 0 Å². The molecule has 0 aliphatic carbocycles. The van der Waals surface area contributed by atoms with Crippen molar-refractivity contribution >= 4 is 11.7 Å². The van der Waals surface area contributed by atoms with Gasteiger partial charge in [0, 0.05) is 24.8 Å². The molecular weight excluding hydrogens is 254 g/mol. The van der Waals surface area contributed by atoms with E-state index in [1.54, 1.807) is 6.92 Å². The normalized spacial score (nSPS) is 19.4. The summed E-state index contributed by atoms with van der Waals surface area (Å²) in [4.78, 5) is 20.2. The molecular formula is C15H23N3O2. The van der Waals surface area contributed by atoms with Crippen LogP contribution in [0.4, 0.5) is 5.69 Å².